The van der Waals surface area contributed by atoms with Crippen molar-refractivity contribution in [3.63, 3.8) is 0 Å². The van der Waals surface area contributed by atoms with Gasteiger partial charge in [0.1, 0.15) is 0 Å². The molecular formula is C11H22N2. The van der Waals surface area contributed by atoms with E-state index < -0.39 is 0 Å². The second-order valence-corrected chi connectivity index (χ2v) is 4.16. The van der Waals surface area contributed by atoms with Crippen molar-refractivity contribution in [3.8, 4) is 11.8 Å². The Balaban J connectivity index is 4.06. The zero-order valence-electron chi connectivity index (χ0n) is 9.81. The Bertz CT molecular complexity index is 196. The molecule has 0 amide bonds. The van der Waals surface area contributed by atoms with E-state index in [9.17, 15) is 0 Å². The van der Waals surface area contributed by atoms with Crippen LogP contribution in [0.4, 0.5) is 0 Å². The van der Waals surface area contributed by atoms with Gasteiger partial charge in [-0.3, -0.25) is 4.90 Å². The normalized spacial score (nSPS) is 11.7. The Morgan fingerprint density at radius 2 is 1.62 bits per heavy atom. The molecule has 0 aromatic carbocycles. The molecule has 0 bridgehead atoms. The van der Waals surface area contributed by atoms with Crippen LogP contribution in [0.3, 0.4) is 0 Å². The molecule has 0 radical (unpaired) electrons. The smallest absolute Gasteiger partial charge is 0.0766 e. The van der Waals surface area contributed by atoms with Gasteiger partial charge in [-0.15, -0.1) is 5.92 Å². The van der Waals surface area contributed by atoms with Gasteiger partial charge in [0.25, 0.3) is 0 Å². The van der Waals surface area contributed by atoms with Crippen LogP contribution in [0.15, 0.2) is 0 Å². The largest absolute Gasteiger partial charge is 0.308 e. The highest BCUT2D eigenvalue weighted by Crippen LogP contribution is 2.09. The fraction of sp³-hybridized carbons (Fsp3) is 0.818. The second kappa shape index (κ2) is 5.26. The number of likely N-dealkylation sites (N-methyl/N-ethyl adjacent to an activating group) is 2. The molecule has 2 heteroatoms. The lowest BCUT2D eigenvalue weighted by atomic mass is 10.0. The molecule has 0 aliphatic carbocycles. The third kappa shape index (κ3) is 4.92. The highest BCUT2D eigenvalue weighted by molar-refractivity contribution is 5.12. The van der Waals surface area contributed by atoms with Crippen molar-refractivity contribution in [2.24, 2.45) is 0 Å². The van der Waals surface area contributed by atoms with Gasteiger partial charge in [-0.1, -0.05) is 5.92 Å². The molecule has 0 saturated carbocycles. The van der Waals surface area contributed by atoms with E-state index in [1.807, 2.05) is 6.92 Å². The van der Waals surface area contributed by atoms with Crippen LogP contribution in [0.1, 0.15) is 20.8 Å². The van der Waals surface area contributed by atoms with Crippen LogP contribution in [0, 0.1) is 11.8 Å². The monoisotopic (exact) mass is 182 g/mol. The highest BCUT2D eigenvalue weighted by atomic mass is 15.2. The zero-order valence-corrected chi connectivity index (χ0v) is 9.81. The van der Waals surface area contributed by atoms with Gasteiger partial charge in [0, 0.05) is 13.1 Å². The SMILES string of the molecule is CC#CC(C)(C)N(C)CCN(C)C. The maximum absolute atomic E-state index is 3.20. The summed E-state index contributed by atoms with van der Waals surface area (Å²) in [6, 6.07) is 0. The molecule has 13 heavy (non-hydrogen) atoms. The molecule has 0 aromatic rings. The Morgan fingerprint density at radius 3 is 2.00 bits per heavy atom. The van der Waals surface area contributed by atoms with Gasteiger partial charge in [-0.05, 0) is 41.9 Å². The van der Waals surface area contributed by atoms with Crippen LogP contribution in [0.5, 0.6) is 0 Å². The van der Waals surface area contributed by atoms with Crippen LogP contribution in [-0.4, -0.2) is 49.6 Å². The lowest BCUT2D eigenvalue weighted by Gasteiger charge is -2.31. The van der Waals surface area contributed by atoms with Gasteiger partial charge in [0.05, 0.1) is 5.54 Å². The summed E-state index contributed by atoms with van der Waals surface area (Å²) in [4.78, 5) is 4.47. The van der Waals surface area contributed by atoms with E-state index in [1.165, 1.54) is 0 Å². The van der Waals surface area contributed by atoms with E-state index in [1.54, 1.807) is 0 Å². The van der Waals surface area contributed by atoms with Gasteiger partial charge >= 0.3 is 0 Å². The number of nitrogens with zero attached hydrogens (tertiary/aromatic N) is 2. The van der Waals surface area contributed by atoms with Crippen LogP contribution >= 0.6 is 0 Å². The summed E-state index contributed by atoms with van der Waals surface area (Å²) in [6.07, 6.45) is 0. The predicted octanol–water partition coefficient (Wildman–Crippen LogP) is 1.28. The minimum Gasteiger partial charge on any atom is -0.308 e. The van der Waals surface area contributed by atoms with Crippen LogP contribution in [0.25, 0.3) is 0 Å². The molecule has 0 fully saturated rings. The average molecular weight is 182 g/mol. The van der Waals surface area contributed by atoms with E-state index >= 15 is 0 Å². The number of hydrogen-bond donors (Lipinski definition) is 0. The van der Waals surface area contributed by atoms with E-state index in [0.29, 0.717) is 0 Å². The van der Waals surface area contributed by atoms with Crippen molar-refractivity contribution in [2.45, 2.75) is 26.3 Å². The average Bonchev–Trinajstić information content (AvgIpc) is 1.99. The van der Waals surface area contributed by atoms with E-state index in [-0.39, 0.29) is 5.54 Å². The third-order valence-corrected chi connectivity index (χ3v) is 2.27. The zero-order chi connectivity index (χ0) is 10.5. The molecule has 0 heterocycles. The molecule has 0 spiro atoms. The van der Waals surface area contributed by atoms with Crippen molar-refractivity contribution >= 4 is 0 Å². The van der Waals surface area contributed by atoms with Gasteiger partial charge in [0.2, 0.25) is 0 Å². The highest BCUT2D eigenvalue weighted by Gasteiger charge is 2.19. The van der Waals surface area contributed by atoms with E-state index in [2.05, 4.69) is 56.6 Å². The topological polar surface area (TPSA) is 6.48 Å². The summed E-state index contributed by atoms with van der Waals surface area (Å²) in [5, 5.41) is 0. The summed E-state index contributed by atoms with van der Waals surface area (Å²) < 4.78 is 0. The Kier molecular flexibility index (Phi) is 5.05. The molecule has 0 aliphatic heterocycles. The maximum atomic E-state index is 3.20. The molecule has 0 aliphatic rings. The Hall–Kier alpha value is -0.520. The predicted molar refractivity (Wildman–Crippen MR) is 58.7 cm³/mol. The molecule has 0 unspecified atom stereocenters. The lowest BCUT2D eigenvalue weighted by molar-refractivity contribution is 0.193. The number of rotatable bonds is 4. The summed E-state index contributed by atoms with van der Waals surface area (Å²) >= 11 is 0. The van der Waals surface area contributed by atoms with Crippen molar-refractivity contribution in [1.82, 2.24) is 9.80 Å². The van der Waals surface area contributed by atoms with Gasteiger partial charge in [0.15, 0.2) is 0 Å². The standard InChI is InChI=1S/C11H22N2/c1-7-8-11(2,3)13(6)10-9-12(4)5/h9-10H2,1-6H3. The minimum absolute atomic E-state index is 0.00917. The third-order valence-electron chi connectivity index (χ3n) is 2.27. The van der Waals surface area contributed by atoms with Crippen molar-refractivity contribution in [2.75, 3.05) is 34.2 Å². The van der Waals surface area contributed by atoms with Gasteiger partial charge in [-0.2, -0.15) is 0 Å². The molecular weight excluding hydrogens is 160 g/mol. The quantitative estimate of drug-likeness (QED) is 0.604. The fourth-order valence-electron chi connectivity index (χ4n) is 1.03. The fourth-order valence-corrected chi connectivity index (χ4v) is 1.03. The summed E-state index contributed by atoms with van der Waals surface area (Å²) in [7, 11) is 6.30. The van der Waals surface area contributed by atoms with Gasteiger partial charge in [-0.25, -0.2) is 0 Å². The van der Waals surface area contributed by atoms with Crippen molar-refractivity contribution in [3.05, 3.63) is 0 Å². The molecule has 0 atom stereocenters. The first-order chi connectivity index (χ1) is 5.90. The molecule has 2 nitrogen and oxygen atoms in total. The lowest BCUT2D eigenvalue weighted by Crippen LogP contribution is -2.43. The first-order valence-corrected chi connectivity index (χ1v) is 4.70. The Labute approximate surface area is 82.9 Å². The summed E-state index contributed by atoms with van der Waals surface area (Å²) in [6.45, 7) is 8.32. The molecule has 0 rings (SSSR count). The number of hydrogen-bond acceptors (Lipinski definition) is 2. The second-order valence-electron chi connectivity index (χ2n) is 4.16. The molecule has 0 aromatic heterocycles. The van der Waals surface area contributed by atoms with Crippen molar-refractivity contribution in [1.29, 1.82) is 0 Å². The summed E-state index contributed by atoms with van der Waals surface area (Å²) in [5.41, 5.74) is -0.00917. The first-order valence-electron chi connectivity index (χ1n) is 4.70. The van der Waals surface area contributed by atoms with Crippen LogP contribution in [0.2, 0.25) is 0 Å². The summed E-state index contributed by atoms with van der Waals surface area (Å²) in [5.74, 6) is 6.17. The van der Waals surface area contributed by atoms with Crippen LogP contribution < -0.4 is 0 Å². The van der Waals surface area contributed by atoms with E-state index in [4.69, 9.17) is 0 Å². The minimum atomic E-state index is -0.00917. The van der Waals surface area contributed by atoms with E-state index in [0.717, 1.165) is 13.1 Å². The molecule has 76 valence electrons. The molecule has 0 N–H and O–H groups in total. The van der Waals surface area contributed by atoms with Crippen LogP contribution in [-0.2, 0) is 0 Å². The Morgan fingerprint density at radius 1 is 1.08 bits per heavy atom. The first kappa shape index (κ1) is 12.5. The van der Waals surface area contributed by atoms with Gasteiger partial charge < -0.3 is 4.90 Å². The molecule has 0 saturated heterocycles. The maximum Gasteiger partial charge on any atom is 0.0766 e. The van der Waals surface area contributed by atoms with Crippen molar-refractivity contribution < 1.29 is 0 Å².